The van der Waals surface area contributed by atoms with Crippen LogP contribution in [-0.4, -0.2) is 26.6 Å². The molecule has 5 nitrogen and oxygen atoms in total. The Kier molecular flexibility index (Phi) is 3.82. The summed E-state index contributed by atoms with van der Waals surface area (Å²) in [5, 5.41) is 0. The Morgan fingerprint density at radius 1 is 1.29 bits per heavy atom. The Hall–Kier alpha value is -1.66. The van der Waals surface area contributed by atoms with Crippen LogP contribution in [0.2, 0.25) is 0 Å². The summed E-state index contributed by atoms with van der Waals surface area (Å²) in [4.78, 5) is 12.9. The van der Waals surface area contributed by atoms with Gasteiger partial charge in [-0.15, -0.1) is 11.6 Å². The number of methoxy groups -OCH3 is 1. The molecular formula is C14H12BrClN4O. The van der Waals surface area contributed by atoms with Crippen molar-refractivity contribution in [3.05, 3.63) is 40.4 Å². The summed E-state index contributed by atoms with van der Waals surface area (Å²) in [6, 6.07) is 6.09. The monoisotopic (exact) mass is 366 g/mol. The number of halogens is 2. The van der Waals surface area contributed by atoms with Gasteiger partial charge in [-0.2, -0.15) is 4.98 Å². The maximum absolute atomic E-state index is 6.04. The SMILES string of the molecule is COc1ncnc2c1nc(CCl)n2-c1cc(C)cc(Br)c1. The van der Waals surface area contributed by atoms with Crippen molar-refractivity contribution < 1.29 is 4.74 Å². The molecular weight excluding hydrogens is 356 g/mol. The zero-order valence-corrected chi connectivity index (χ0v) is 13.8. The van der Waals surface area contributed by atoms with Crippen LogP contribution in [0, 0.1) is 6.92 Å². The minimum atomic E-state index is 0.269. The van der Waals surface area contributed by atoms with E-state index in [0.29, 0.717) is 22.9 Å². The largest absolute Gasteiger partial charge is 0.479 e. The lowest BCUT2D eigenvalue weighted by molar-refractivity contribution is 0.401. The molecule has 0 amide bonds. The lowest BCUT2D eigenvalue weighted by Crippen LogP contribution is -2.01. The average molecular weight is 368 g/mol. The van der Waals surface area contributed by atoms with Crippen molar-refractivity contribution >= 4 is 38.7 Å². The number of benzene rings is 1. The quantitative estimate of drug-likeness (QED) is 0.663. The van der Waals surface area contributed by atoms with Crippen LogP contribution in [0.3, 0.4) is 0 Å². The second-order valence-corrected chi connectivity index (χ2v) is 5.72. The van der Waals surface area contributed by atoms with Crippen molar-refractivity contribution in [2.24, 2.45) is 0 Å². The Morgan fingerprint density at radius 2 is 2.10 bits per heavy atom. The van der Waals surface area contributed by atoms with Gasteiger partial charge in [0.25, 0.3) is 0 Å². The second kappa shape index (κ2) is 5.61. The Balaban J connectivity index is 2.35. The third-order valence-electron chi connectivity index (χ3n) is 3.08. The van der Waals surface area contributed by atoms with E-state index in [1.54, 1.807) is 7.11 Å². The van der Waals surface area contributed by atoms with E-state index in [0.717, 1.165) is 15.7 Å². The molecule has 3 rings (SSSR count). The van der Waals surface area contributed by atoms with Gasteiger partial charge >= 0.3 is 0 Å². The van der Waals surface area contributed by atoms with Crippen LogP contribution in [0.5, 0.6) is 5.88 Å². The van der Waals surface area contributed by atoms with Gasteiger partial charge in [-0.25, -0.2) is 9.97 Å². The lowest BCUT2D eigenvalue weighted by Gasteiger charge is -2.09. The summed E-state index contributed by atoms with van der Waals surface area (Å²) < 4.78 is 8.15. The first-order chi connectivity index (χ1) is 10.1. The summed E-state index contributed by atoms with van der Waals surface area (Å²) in [7, 11) is 1.56. The van der Waals surface area contributed by atoms with Crippen LogP contribution in [0.4, 0.5) is 0 Å². The van der Waals surface area contributed by atoms with Gasteiger partial charge in [-0.05, 0) is 30.7 Å². The number of rotatable bonds is 3. The summed E-state index contributed by atoms with van der Waals surface area (Å²) >= 11 is 9.56. The van der Waals surface area contributed by atoms with Crippen molar-refractivity contribution in [2.45, 2.75) is 12.8 Å². The standard InChI is InChI=1S/C14H12BrClN4O/c1-8-3-9(15)5-10(4-8)20-11(6-16)19-12-13(20)17-7-18-14(12)21-2/h3-5,7H,6H2,1-2H3. The normalized spacial score (nSPS) is 11.0. The summed E-state index contributed by atoms with van der Waals surface area (Å²) in [6.45, 7) is 2.03. The fraction of sp³-hybridized carbons (Fsp3) is 0.214. The van der Waals surface area contributed by atoms with E-state index >= 15 is 0 Å². The molecule has 0 spiro atoms. The topological polar surface area (TPSA) is 52.8 Å². The molecule has 0 saturated carbocycles. The molecule has 0 saturated heterocycles. The molecule has 0 aliphatic carbocycles. The van der Waals surface area contributed by atoms with Gasteiger partial charge in [0.1, 0.15) is 12.2 Å². The number of hydrogen-bond donors (Lipinski definition) is 0. The molecule has 1 aromatic carbocycles. The zero-order chi connectivity index (χ0) is 15.0. The zero-order valence-electron chi connectivity index (χ0n) is 11.5. The first-order valence-corrected chi connectivity index (χ1v) is 7.56. The summed E-state index contributed by atoms with van der Waals surface area (Å²) in [5.41, 5.74) is 3.35. The number of fused-ring (bicyclic) bond motifs is 1. The fourth-order valence-corrected chi connectivity index (χ4v) is 3.05. The van der Waals surface area contributed by atoms with Crippen molar-refractivity contribution in [2.75, 3.05) is 7.11 Å². The summed E-state index contributed by atoms with van der Waals surface area (Å²) in [5.74, 6) is 1.41. The number of aromatic nitrogens is 4. The number of ether oxygens (including phenoxy) is 1. The molecule has 2 heterocycles. The number of aryl methyl sites for hydroxylation is 1. The van der Waals surface area contributed by atoms with Crippen LogP contribution >= 0.6 is 27.5 Å². The van der Waals surface area contributed by atoms with Gasteiger partial charge in [-0.1, -0.05) is 15.9 Å². The van der Waals surface area contributed by atoms with Crippen molar-refractivity contribution in [1.82, 2.24) is 19.5 Å². The van der Waals surface area contributed by atoms with Gasteiger partial charge in [0.05, 0.1) is 18.7 Å². The van der Waals surface area contributed by atoms with Crippen LogP contribution in [0.1, 0.15) is 11.4 Å². The fourth-order valence-electron chi connectivity index (χ4n) is 2.27. The first-order valence-electron chi connectivity index (χ1n) is 6.24. The molecule has 0 N–H and O–H groups in total. The van der Waals surface area contributed by atoms with E-state index in [1.807, 2.05) is 23.6 Å². The van der Waals surface area contributed by atoms with Crippen molar-refractivity contribution in [1.29, 1.82) is 0 Å². The molecule has 0 aliphatic heterocycles. The third-order valence-corrected chi connectivity index (χ3v) is 3.78. The minimum absolute atomic E-state index is 0.269. The molecule has 0 fully saturated rings. The summed E-state index contributed by atoms with van der Waals surface area (Å²) in [6.07, 6.45) is 1.46. The van der Waals surface area contributed by atoms with Crippen LogP contribution in [-0.2, 0) is 5.88 Å². The Labute approximate surface area is 135 Å². The molecule has 0 radical (unpaired) electrons. The maximum atomic E-state index is 6.04. The lowest BCUT2D eigenvalue weighted by atomic mass is 10.2. The highest BCUT2D eigenvalue weighted by molar-refractivity contribution is 9.10. The second-order valence-electron chi connectivity index (χ2n) is 4.54. The first kappa shape index (κ1) is 14.3. The number of hydrogen-bond acceptors (Lipinski definition) is 4. The maximum Gasteiger partial charge on any atom is 0.245 e. The molecule has 108 valence electrons. The molecule has 0 unspecified atom stereocenters. The molecule has 7 heteroatoms. The molecule has 0 aliphatic rings. The predicted molar refractivity (Wildman–Crippen MR) is 85.2 cm³/mol. The van der Waals surface area contributed by atoms with Gasteiger partial charge in [0.15, 0.2) is 11.2 Å². The van der Waals surface area contributed by atoms with E-state index in [9.17, 15) is 0 Å². The third kappa shape index (κ3) is 2.49. The van der Waals surface area contributed by atoms with E-state index in [1.165, 1.54) is 6.33 Å². The molecule has 2 aromatic heterocycles. The molecule has 0 bridgehead atoms. The molecule has 3 aromatic rings. The van der Waals surface area contributed by atoms with E-state index in [2.05, 4.69) is 36.9 Å². The Bertz CT molecular complexity index is 798. The number of nitrogens with zero attached hydrogens (tertiary/aromatic N) is 4. The number of imidazole rings is 1. The smallest absolute Gasteiger partial charge is 0.245 e. The highest BCUT2D eigenvalue weighted by Crippen LogP contribution is 2.27. The van der Waals surface area contributed by atoms with Gasteiger partial charge in [0.2, 0.25) is 5.88 Å². The van der Waals surface area contributed by atoms with E-state index in [4.69, 9.17) is 16.3 Å². The minimum Gasteiger partial charge on any atom is -0.479 e. The van der Waals surface area contributed by atoms with Gasteiger partial charge < -0.3 is 4.74 Å². The highest BCUT2D eigenvalue weighted by Gasteiger charge is 2.17. The van der Waals surface area contributed by atoms with E-state index in [-0.39, 0.29) is 5.88 Å². The van der Waals surface area contributed by atoms with Gasteiger partial charge in [0, 0.05) is 4.47 Å². The van der Waals surface area contributed by atoms with Crippen LogP contribution < -0.4 is 4.74 Å². The van der Waals surface area contributed by atoms with E-state index < -0.39 is 0 Å². The van der Waals surface area contributed by atoms with Crippen molar-refractivity contribution in [3.8, 4) is 11.6 Å². The Morgan fingerprint density at radius 3 is 2.76 bits per heavy atom. The van der Waals surface area contributed by atoms with Crippen LogP contribution in [0.25, 0.3) is 16.9 Å². The van der Waals surface area contributed by atoms with Gasteiger partial charge in [-0.3, -0.25) is 4.57 Å². The highest BCUT2D eigenvalue weighted by atomic mass is 79.9. The average Bonchev–Trinajstić information content (AvgIpc) is 2.84. The van der Waals surface area contributed by atoms with Crippen LogP contribution in [0.15, 0.2) is 29.0 Å². The predicted octanol–water partition coefficient (Wildman–Crippen LogP) is 3.63. The number of alkyl halides is 1. The van der Waals surface area contributed by atoms with Crippen molar-refractivity contribution in [3.63, 3.8) is 0 Å². The molecule has 21 heavy (non-hydrogen) atoms. The molecule has 0 atom stereocenters.